The Labute approximate surface area is 122 Å². The number of aliphatic imine (C=N–C) groups is 1. The Bertz CT molecular complexity index is 191. The van der Waals surface area contributed by atoms with Crippen LogP contribution in [0.3, 0.4) is 0 Å². The zero-order chi connectivity index (χ0) is 14.1. The molecular weight excluding hydrogens is 275 g/mol. The zero-order valence-electron chi connectivity index (χ0n) is 11.9. The van der Waals surface area contributed by atoms with Crippen LogP contribution in [-0.4, -0.2) is 31.9 Å². The molecule has 0 aromatic carbocycles. The van der Waals surface area contributed by atoms with E-state index in [-0.39, 0.29) is 22.5 Å². The quantitative estimate of drug-likeness (QED) is 0.379. The Morgan fingerprint density at radius 1 is 1.11 bits per heavy atom. The largest absolute Gasteiger partial charge is 2.00 e. The molecule has 5 nitrogen and oxygen atoms in total. The number of nitrogens with two attached hydrogens (primary N) is 3. The molecule has 0 saturated heterocycles. The van der Waals surface area contributed by atoms with Crippen LogP contribution < -0.4 is 22.3 Å². The van der Waals surface area contributed by atoms with E-state index in [0.29, 0.717) is 26.2 Å². The minimum atomic E-state index is 0. The Hall–Kier alpha value is -0.404. The van der Waals surface area contributed by atoms with Crippen LogP contribution in [0.1, 0.15) is 27.7 Å². The molecule has 18 heavy (non-hydrogen) atoms. The van der Waals surface area contributed by atoms with E-state index in [1.54, 1.807) is 6.92 Å². The molecule has 0 aromatic rings. The Balaban J connectivity index is -0.000000103. The Morgan fingerprint density at radius 2 is 1.50 bits per heavy atom. The molecule has 6 N–H and O–H groups in total. The van der Waals surface area contributed by atoms with Gasteiger partial charge >= 0.3 is 16.8 Å². The van der Waals surface area contributed by atoms with Crippen molar-refractivity contribution in [2.75, 3.05) is 26.2 Å². The van der Waals surface area contributed by atoms with Crippen molar-refractivity contribution < 1.29 is 21.9 Å². The van der Waals surface area contributed by atoms with Crippen molar-refractivity contribution in [1.29, 1.82) is 0 Å². The predicted octanol–water partition coefficient (Wildman–Crippen LogP) is -0.198. The summed E-state index contributed by atoms with van der Waals surface area (Å²) in [6, 6.07) is 0. The topological polar surface area (TPSA) is 113 Å². The average molecular weight is 303 g/mol. The third kappa shape index (κ3) is 45.0. The number of hydrogen-bond acceptors (Lipinski definition) is 5. The number of nitrogens with zero attached hydrogens (tertiary/aromatic N) is 1. The summed E-state index contributed by atoms with van der Waals surface area (Å²) >= 11 is 0. The Kier molecular flexibility index (Phi) is 37.1. The van der Waals surface area contributed by atoms with E-state index >= 15 is 0 Å². The van der Waals surface area contributed by atoms with Crippen LogP contribution in [0.4, 0.5) is 0 Å². The minimum Gasteiger partial charge on any atom is -0.876 e. The summed E-state index contributed by atoms with van der Waals surface area (Å²) in [5, 5.41) is 10.4. The zero-order valence-corrected chi connectivity index (χ0v) is 12.9. The van der Waals surface area contributed by atoms with Gasteiger partial charge in [0.25, 0.3) is 0 Å². The van der Waals surface area contributed by atoms with Gasteiger partial charge in [-0.25, -0.2) is 0 Å². The van der Waals surface area contributed by atoms with Crippen LogP contribution in [0.25, 0.3) is 0 Å². The van der Waals surface area contributed by atoms with Crippen molar-refractivity contribution in [1.82, 2.24) is 0 Å². The maximum Gasteiger partial charge on any atom is 2.00 e. The second-order valence-electron chi connectivity index (χ2n) is 3.22. The summed E-state index contributed by atoms with van der Waals surface area (Å²) in [4.78, 5) is 4.00. The van der Waals surface area contributed by atoms with Crippen molar-refractivity contribution >= 4 is 5.71 Å². The molecule has 0 heterocycles. The molecule has 1 radical (unpaired) electrons. The summed E-state index contributed by atoms with van der Waals surface area (Å²) in [5.41, 5.74) is 15.8. The van der Waals surface area contributed by atoms with E-state index in [1.165, 1.54) is 13.0 Å². The van der Waals surface area contributed by atoms with E-state index in [4.69, 9.17) is 17.2 Å². The second kappa shape index (κ2) is 25.4. The van der Waals surface area contributed by atoms with Gasteiger partial charge in [0.15, 0.2) is 0 Å². The summed E-state index contributed by atoms with van der Waals surface area (Å²) in [6.45, 7) is 9.61. The molecule has 0 saturated carbocycles. The van der Waals surface area contributed by atoms with Crippen molar-refractivity contribution in [3.63, 3.8) is 0 Å². The fourth-order valence-corrected chi connectivity index (χ4v) is 0.581. The normalized spacial score (nSPS) is 10.4. The van der Waals surface area contributed by atoms with Crippen molar-refractivity contribution in [2.45, 2.75) is 27.7 Å². The number of rotatable bonds is 4. The van der Waals surface area contributed by atoms with Crippen molar-refractivity contribution in [3.05, 3.63) is 18.3 Å². The molecule has 0 unspecified atom stereocenters. The first-order valence-electron chi connectivity index (χ1n) is 5.70. The van der Waals surface area contributed by atoms with Crippen LogP contribution in [0.5, 0.6) is 0 Å². The molecule has 0 aliphatic carbocycles. The first kappa shape index (κ1) is 26.2. The van der Waals surface area contributed by atoms with Gasteiger partial charge in [-0.3, -0.25) is 4.99 Å². The fraction of sp³-hybridized carbons (Fsp3) is 0.667. The van der Waals surface area contributed by atoms with Gasteiger partial charge in [-0.1, -0.05) is 13.0 Å². The van der Waals surface area contributed by atoms with Crippen molar-refractivity contribution in [3.8, 4) is 0 Å². The molecule has 6 heteroatoms. The van der Waals surface area contributed by atoms with Gasteiger partial charge in [-0.2, -0.15) is 13.8 Å². The smallest absolute Gasteiger partial charge is 0.876 e. The summed E-state index contributed by atoms with van der Waals surface area (Å²) < 4.78 is 0. The van der Waals surface area contributed by atoms with E-state index in [1.807, 2.05) is 20.3 Å². The van der Waals surface area contributed by atoms with E-state index in [9.17, 15) is 5.11 Å². The van der Waals surface area contributed by atoms with Crippen LogP contribution in [0.2, 0.25) is 0 Å². The third-order valence-corrected chi connectivity index (χ3v) is 1.07. The van der Waals surface area contributed by atoms with Gasteiger partial charge < -0.3 is 28.7 Å². The van der Waals surface area contributed by atoms with Crippen LogP contribution in [0, 0.1) is 6.42 Å². The number of hydrogen-bond donors (Lipinski definition) is 3. The molecule has 0 aliphatic heterocycles. The van der Waals surface area contributed by atoms with E-state index < -0.39 is 0 Å². The molecule has 0 spiro atoms. The van der Waals surface area contributed by atoms with Crippen molar-refractivity contribution in [2.24, 2.45) is 22.2 Å². The number of allylic oxidation sites excluding steroid dienone is 2. The van der Waals surface area contributed by atoms with Crippen LogP contribution >= 0.6 is 0 Å². The first-order valence-corrected chi connectivity index (χ1v) is 5.70. The SMILES string of the molecule is CC(/C=C(/C)[O-])=NCCN.C[CH-]C.NCCN.[Co+2]. The summed E-state index contributed by atoms with van der Waals surface area (Å²) in [6.07, 6.45) is 3.50. The fourth-order valence-electron chi connectivity index (χ4n) is 0.581. The average Bonchev–Trinajstić information content (AvgIpc) is 2.27. The predicted molar refractivity (Wildman–Crippen MR) is 74.5 cm³/mol. The van der Waals surface area contributed by atoms with Gasteiger partial charge in [0, 0.05) is 25.3 Å². The molecule has 0 aromatic heterocycles. The van der Waals surface area contributed by atoms with Crippen LogP contribution in [0.15, 0.2) is 16.8 Å². The first-order chi connectivity index (χ1) is 7.99. The molecule has 0 bridgehead atoms. The maximum absolute atomic E-state index is 10.4. The standard InChI is InChI=1S/C7H14N2O.C3H7.C2H8N2.Co/c1-6(5-7(2)10)9-4-3-8;1-3-2;3-1-2-4;/h5,10H,3-4,8H2,1-2H3;3H,1-2H3;1-4H2;/q;-1;;+2/p-1/b7-5-,9-6?;;;. The summed E-state index contributed by atoms with van der Waals surface area (Å²) in [5.74, 6) is 0.0262. The molecule has 0 rings (SSSR count). The summed E-state index contributed by atoms with van der Waals surface area (Å²) in [7, 11) is 0. The van der Waals surface area contributed by atoms with Gasteiger partial charge in [0.1, 0.15) is 0 Å². The maximum atomic E-state index is 10.4. The molecular formula is C12H28CoN4O. The van der Waals surface area contributed by atoms with Gasteiger partial charge in [0.05, 0.1) is 6.54 Å². The van der Waals surface area contributed by atoms with E-state index in [2.05, 4.69) is 4.99 Å². The van der Waals surface area contributed by atoms with E-state index in [0.717, 1.165) is 5.71 Å². The second-order valence-corrected chi connectivity index (χ2v) is 3.22. The van der Waals surface area contributed by atoms with Gasteiger partial charge in [-0.15, -0.1) is 5.76 Å². The monoisotopic (exact) mass is 303 g/mol. The van der Waals surface area contributed by atoms with Gasteiger partial charge in [-0.05, 0) is 6.92 Å². The van der Waals surface area contributed by atoms with Gasteiger partial charge in [0.2, 0.25) is 0 Å². The van der Waals surface area contributed by atoms with Crippen LogP contribution in [-0.2, 0) is 16.8 Å². The molecule has 0 amide bonds. The third-order valence-electron chi connectivity index (χ3n) is 1.07. The minimum absolute atomic E-state index is 0. The molecule has 0 aliphatic rings. The molecule has 111 valence electrons. The molecule has 0 atom stereocenters. The molecule has 0 fully saturated rings. The Morgan fingerprint density at radius 3 is 1.72 bits per heavy atom.